The van der Waals surface area contributed by atoms with Crippen molar-refractivity contribution in [1.82, 2.24) is 4.90 Å². The summed E-state index contributed by atoms with van der Waals surface area (Å²) in [5, 5.41) is 0.506. The van der Waals surface area contributed by atoms with Crippen molar-refractivity contribution in [1.29, 1.82) is 0 Å². The number of piperidine rings is 1. The molecular formula is C27H28ClFN2O3. The Morgan fingerprint density at radius 1 is 1.03 bits per heavy atom. The van der Waals surface area contributed by atoms with E-state index in [1.807, 2.05) is 18.2 Å². The first-order chi connectivity index (χ1) is 16.5. The van der Waals surface area contributed by atoms with Crippen LogP contribution in [0.1, 0.15) is 28.8 Å². The molecule has 3 aromatic carbocycles. The lowest BCUT2D eigenvalue weighted by Gasteiger charge is -2.39. The second kappa shape index (κ2) is 10.9. The number of methoxy groups -OCH3 is 2. The smallest absolute Gasteiger partial charge is 0.258 e. The molecule has 0 aliphatic carbocycles. The first kappa shape index (κ1) is 24.0. The van der Waals surface area contributed by atoms with Gasteiger partial charge in [-0.1, -0.05) is 29.8 Å². The van der Waals surface area contributed by atoms with Gasteiger partial charge in [0, 0.05) is 47.5 Å². The van der Waals surface area contributed by atoms with Crippen molar-refractivity contribution >= 4 is 23.2 Å². The third-order valence-corrected chi connectivity index (χ3v) is 6.43. The number of rotatable bonds is 7. The van der Waals surface area contributed by atoms with Gasteiger partial charge in [-0.3, -0.25) is 9.69 Å². The summed E-state index contributed by atoms with van der Waals surface area (Å²) in [6.07, 6.45) is 1.58. The number of anilines is 1. The number of hydrogen-bond acceptors (Lipinski definition) is 4. The highest BCUT2D eigenvalue weighted by Gasteiger charge is 2.30. The van der Waals surface area contributed by atoms with Crippen LogP contribution in [0.3, 0.4) is 0 Å². The number of likely N-dealkylation sites (tertiary alicyclic amines) is 1. The Morgan fingerprint density at radius 2 is 1.74 bits per heavy atom. The Bertz CT molecular complexity index is 1130. The fourth-order valence-corrected chi connectivity index (χ4v) is 4.70. The van der Waals surface area contributed by atoms with Crippen LogP contribution in [0.15, 0.2) is 66.7 Å². The van der Waals surface area contributed by atoms with Crippen LogP contribution in [0, 0.1) is 5.82 Å². The number of carbonyl (C=O) groups excluding carboxylic acids is 1. The average Bonchev–Trinajstić information content (AvgIpc) is 2.86. The molecule has 1 aliphatic heterocycles. The first-order valence-electron chi connectivity index (χ1n) is 11.3. The summed E-state index contributed by atoms with van der Waals surface area (Å²) in [5.41, 5.74) is 2.25. The van der Waals surface area contributed by atoms with Gasteiger partial charge in [0.15, 0.2) is 11.5 Å². The molecule has 5 nitrogen and oxygen atoms in total. The van der Waals surface area contributed by atoms with Crippen molar-refractivity contribution in [2.24, 2.45) is 0 Å². The minimum Gasteiger partial charge on any atom is -0.493 e. The van der Waals surface area contributed by atoms with Gasteiger partial charge in [0.25, 0.3) is 5.91 Å². The third kappa shape index (κ3) is 5.34. The predicted molar refractivity (Wildman–Crippen MR) is 133 cm³/mol. The first-order valence-corrected chi connectivity index (χ1v) is 11.6. The van der Waals surface area contributed by atoms with Crippen LogP contribution in [-0.4, -0.2) is 44.2 Å². The fourth-order valence-electron chi connectivity index (χ4n) is 4.51. The van der Waals surface area contributed by atoms with Gasteiger partial charge in [-0.25, -0.2) is 4.39 Å². The number of hydrogen-bond donors (Lipinski definition) is 0. The van der Waals surface area contributed by atoms with Gasteiger partial charge in [0.1, 0.15) is 5.82 Å². The number of para-hydroxylation sites is 1. The molecule has 0 saturated carbocycles. The molecule has 34 heavy (non-hydrogen) atoms. The third-order valence-electron chi connectivity index (χ3n) is 6.20. The molecule has 3 aromatic rings. The highest BCUT2D eigenvalue weighted by molar-refractivity contribution is 6.31. The summed E-state index contributed by atoms with van der Waals surface area (Å²) in [4.78, 5) is 17.7. The molecule has 1 heterocycles. The topological polar surface area (TPSA) is 42.0 Å². The van der Waals surface area contributed by atoms with Crippen molar-refractivity contribution in [3.05, 3.63) is 88.7 Å². The maximum atomic E-state index is 13.6. The van der Waals surface area contributed by atoms with Gasteiger partial charge in [-0.15, -0.1) is 0 Å². The van der Waals surface area contributed by atoms with Crippen LogP contribution in [0.25, 0.3) is 0 Å². The summed E-state index contributed by atoms with van der Waals surface area (Å²) < 4.78 is 24.6. The van der Waals surface area contributed by atoms with E-state index in [0.717, 1.165) is 43.8 Å². The summed E-state index contributed by atoms with van der Waals surface area (Å²) in [5.74, 6) is 0.990. The molecule has 0 N–H and O–H groups in total. The van der Waals surface area contributed by atoms with E-state index in [2.05, 4.69) is 4.90 Å². The van der Waals surface area contributed by atoms with E-state index in [-0.39, 0.29) is 17.8 Å². The van der Waals surface area contributed by atoms with Gasteiger partial charge < -0.3 is 14.4 Å². The fraction of sp³-hybridized carbons (Fsp3) is 0.296. The lowest BCUT2D eigenvalue weighted by Crippen LogP contribution is -2.47. The summed E-state index contributed by atoms with van der Waals surface area (Å²) in [6, 6.07) is 18.9. The standard InChI is InChI=1S/C27H28ClFN2O3/c1-33-25-8-4-6-20(26(25)34-2)18-30-15-13-24(14-16-30)31(23-11-9-22(29)10-12-23)27(32)19-5-3-7-21(28)17-19/h3-12,17,24H,13-16,18H2,1-2H3. The summed E-state index contributed by atoms with van der Waals surface area (Å²) in [7, 11) is 3.28. The van der Waals surface area contributed by atoms with Gasteiger partial charge in [-0.2, -0.15) is 0 Å². The van der Waals surface area contributed by atoms with E-state index < -0.39 is 0 Å². The Hall–Kier alpha value is -3.09. The van der Waals surface area contributed by atoms with Crippen molar-refractivity contribution in [2.45, 2.75) is 25.4 Å². The Kier molecular flexibility index (Phi) is 7.70. The number of amides is 1. The van der Waals surface area contributed by atoms with Crippen LogP contribution in [0.4, 0.5) is 10.1 Å². The Labute approximate surface area is 204 Å². The minimum absolute atomic E-state index is 0.0135. The molecule has 0 aromatic heterocycles. The second-order valence-electron chi connectivity index (χ2n) is 8.32. The molecule has 1 fully saturated rings. The van der Waals surface area contributed by atoms with Crippen LogP contribution in [0.2, 0.25) is 5.02 Å². The molecular weight excluding hydrogens is 455 g/mol. The summed E-state index contributed by atoms with van der Waals surface area (Å²) >= 11 is 6.14. The monoisotopic (exact) mass is 482 g/mol. The van der Waals surface area contributed by atoms with Crippen LogP contribution in [0.5, 0.6) is 11.5 Å². The van der Waals surface area contributed by atoms with E-state index >= 15 is 0 Å². The van der Waals surface area contributed by atoms with E-state index in [1.165, 1.54) is 12.1 Å². The van der Waals surface area contributed by atoms with Crippen molar-refractivity contribution in [2.75, 3.05) is 32.2 Å². The van der Waals surface area contributed by atoms with Gasteiger partial charge in [0.05, 0.1) is 14.2 Å². The molecule has 1 amide bonds. The maximum Gasteiger partial charge on any atom is 0.258 e. The van der Waals surface area contributed by atoms with E-state index in [0.29, 0.717) is 22.0 Å². The molecule has 0 unspecified atom stereocenters. The largest absolute Gasteiger partial charge is 0.493 e. The van der Waals surface area contributed by atoms with E-state index in [9.17, 15) is 9.18 Å². The van der Waals surface area contributed by atoms with Gasteiger partial charge in [-0.05, 0) is 61.4 Å². The Balaban J connectivity index is 1.52. The molecule has 178 valence electrons. The predicted octanol–water partition coefficient (Wildman–Crippen LogP) is 5.81. The van der Waals surface area contributed by atoms with Crippen LogP contribution < -0.4 is 14.4 Å². The molecule has 0 atom stereocenters. The second-order valence-corrected chi connectivity index (χ2v) is 8.76. The van der Waals surface area contributed by atoms with Gasteiger partial charge >= 0.3 is 0 Å². The summed E-state index contributed by atoms with van der Waals surface area (Å²) in [6.45, 7) is 2.35. The lowest BCUT2D eigenvalue weighted by atomic mass is 10.00. The quantitative estimate of drug-likeness (QED) is 0.426. The molecule has 0 radical (unpaired) electrons. The zero-order valence-corrected chi connectivity index (χ0v) is 20.1. The van der Waals surface area contributed by atoms with Crippen molar-refractivity contribution < 1.29 is 18.7 Å². The number of halogens is 2. The number of ether oxygens (including phenoxy) is 2. The highest BCUT2D eigenvalue weighted by Crippen LogP contribution is 2.33. The number of benzene rings is 3. The maximum absolute atomic E-state index is 13.6. The average molecular weight is 483 g/mol. The normalized spacial score (nSPS) is 14.6. The van der Waals surface area contributed by atoms with E-state index in [4.69, 9.17) is 21.1 Å². The molecule has 1 saturated heterocycles. The van der Waals surface area contributed by atoms with Crippen LogP contribution >= 0.6 is 11.6 Å². The lowest BCUT2D eigenvalue weighted by molar-refractivity contribution is 0.0958. The highest BCUT2D eigenvalue weighted by atomic mass is 35.5. The molecule has 7 heteroatoms. The molecule has 0 bridgehead atoms. The van der Waals surface area contributed by atoms with Crippen molar-refractivity contribution in [3.8, 4) is 11.5 Å². The van der Waals surface area contributed by atoms with Gasteiger partial charge in [0.2, 0.25) is 0 Å². The molecule has 0 spiro atoms. The molecule has 4 rings (SSSR count). The van der Waals surface area contributed by atoms with Crippen LogP contribution in [-0.2, 0) is 6.54 Å². The van der Waals surface area contributed by atoms with Crippen molar-refractivity contribution in [3.63, 3.8) is 0 Å². The SMILES string of the molecule is COc1cccc(CN2CCC(N(C(=O)c3cccc(Cl)c3)c3ccc(F)cc3)CC2)c1OC. The number of carbonyl (C=O) groups is 1. The zero-order valence-electron chi connectivity index (χ0n) is 19.3. The molecule has 1 aliphatic rings. The van der Waals surface area contributed by atoms with E-state index in [1.54, 1.807) is 55.5 Å². The zero-order chi connectivity index (χ0) is 24.1. The minimum atomic E-state index is -0.332. The Morgan fingerprint density at radius 3 is 2.38 bits per heavy atom. The number of nitrogens with zero attached hydrogens (tertiary/aromatic N) is 2.